The Kier molecular flexibility index (Phi) is 6.71. The summed E-state index contributed by atoms with van der Waals surface area (Å²) >= 11 is 0. The van der Waals surface area contributed by atoms with Gasteiger partial charge in [0, 0.05) is 17.9 Å². The summed E-state index contributed by atoms with van der Waals surface area (Å²) in [5, 5.41) is 16.1. The molecule has 37 heavy (non-hydrogen) atoms. The molecule has 3 unspecified atom stereocenters. The van der Waals surface area contributed by atoms with E-state index in [1.54, 1.807) is 19.9 Å². The van der Waals surface area contributed by atoms with Crippen molar-refractivity contribution in [1.82, 2.24) is 14.9 Å². The fourth-order valence-corrected chi connectivity index (χ4v) is 5.87. The molecule has 1 aliphatic rings. The van der Waals surface area contributed by atoms with Crippen LogP contribution in [0.15, 0.2) is 44.4 Å². The number of sulfonamides is 1. The summed E-state index contributed by atoms with van der Waals surface area (Å²) in [6.07, 6.45) is -5.93. The van der Waals surface area contributed by atoms with Gasteiger partial charge in [0.05, 0.1) is 6.61 Å². The lowest BCUT2D eigenvalue weighted by molar-refractivity contribution is -0.274. The molecule has 0 saturated carbocycles. The first-order valence-electron chi connectivity index (χ1n) is 11.1. The van der Waals surface area contributed by atoms with E-state index in [9.17, 15) is 35.9 Å². The van der Waals surface area contributed by atoms with Crippen LogP contribution in [0, 0.1) is 19.7 Å². The van der Waals surface area contributed by atoms with Gasteiger partial charge in [-0.2, -0.15) is 17.9 Å². The molecule has 3 atom stereocenters. The van der Waals surface area contributed by atoms with Gasteiger partial charge in [0.25, 0.3) is 0 Å². The third-order valence-corrected chi connectivity index (χ3v) is 8.05. The van der Waals surface area contributed by atoms with E-state index in [1.165, 1.54) is 13.0 Å². The molecule has 1 aromatic heterocycles. The molecule has 0 spiro atoms. The minimum Gasteiger partial charge on any atom is -0.492 e. The lowest BCUT2D eigenvalue weighted by Gasteiger charge is -2.36. The molecule has 4 rings (SSSR count). The number of H-pyrrole nitrogens is 1. The van der Waals surface area contributed by atoms with Gasteiger partial charge in [-0.15, -0.1) is 5.10 Å². The number of alkyl halides is 3. The van der Waals surface area contributed by atoms with Crippen molar-refractivity contribution in [3.8, 4) is 5.75 Å². The van der Waals surface area contributed by atoms with Crippen LogP contribution in [-0.4, -0.2) is 36.5 Å². The van der Waals surface area contributed by atoms with Gasteiger partial charge >= 0.3 is 11.9 Å². The number of ether oxygens (including phenoxy) is 1. The summed E-state index contributed by atoms with van der Waals surface area (Å²) in [4.78, 5) is 11.0. The van der Waals surface area contributed by atoms with Gasteiger partial charge in [0.15, 0.2) is 5.60 Å². The molecule has 0 saturated heterocycles. The van der Waals surface area contributed by atoms with E-state index >= 15 is 0 Å². The number of fused-ring (bicyclic) bond motifs is 1. The molecule has 1 aliphatic heterocycles. The van der Waals surface area contributed by atoms with Crippen LogP contribution >= 0.6 is 0 Å². The highest BCUT2D eigenvalue weighted by atomic mass is 32.2. The fraction of sp³-hybridized carbons (Fsp3) is 0.391. The van der Waals surface area contributed by atoms with Crippen LogP contribution in [0.1, 0.15) is 53.4 Å². The first kappa shape index (κ1) is 26.8. The molecule has 9 nitrogen and oxygen atoms in total. The summed E-state index contributed by atoms with van der Waals surface area (Å²) in [6.45, 7) is 4.24. The average molecular weight is 546 g/mol. The Hall–Kier alpha value is -3.23. The van der Waals surface area contributed by atoms with Gasteiger partial charge < -0.3 is 14.3 Å². The molecule has 0 bridgehead atoms. The number of aromatic amines is 1. The van der Waals surface area contributed by atoms with Crippen LogP contribution in [-0.2, 0) is 15.6 Å². The van der Waals surface area contributed by atoms with Crippen molar-refractivity contribution in [2.24, 2.45) is 0 Å². The molecule has 14 heteroatoms. The number of aromatic nitrogens is 2. The predicted octanol–water partition coefficient (Wildman–Crippen LogP) is 3.47. The summed E-state index contributed by atoms with van der Waals surface area (Å²) < 4.78 is 95.6. The summed E-state index contributed by atoms with van der Waals surface area (Å²) in [5.41, 5.74) is -2.73. The number of halogens is 4. The first-order chi connectivity index (χ1) is 17.2. The molecule has 3 N–H and O–H groups in total. The van der Waals surface area contributed by atoms with Crippen LogP contribution < -0.4 is 15.2 Å². The molecule has 0 radical (unpaired) electrons. The third-order valence-electron chi connectivity index (χ3n) is 6.58. The zero-order valence-corrected chi connectivity index (χ0v) is 20.6. The van der Waals surface area contributed by atoms with Crippen LogP contribution in [0.4, 0.5) is 17.6 Å². The number of nitrogens with one attached hydrogen (secondary N) is 2. The Bertz CT molecular complexity index is 1500. The predicted molar refractivity (Wildman–Crippen MR) is 121 cm³/mol. The average Bonchev–Trinajstić information content (AvgIpc) is 3.25. The van der Waals surface area contributed by atoms with E-state index in [0.29, 0.717) is 11.1 Å². The number of para-hydroxylation sites is 1. The maximum atomic E-state index is 14.9. The summed E-state index contributed by atoms with van der Waals surface area (Å²) in [5.74, 6) is -3.72. The number of nitrogens with zero attached hydrogens (tertiary/aromatic N) is 1. The number of hydrogen-bond acceptors (Lipinski definition) is 7. The van der Waals surface area contributed by atoms with Gasteiger partial charge in [-0.05, 0) is 42.7 Å². The van der Waals surface area contributed by atoms with Crippen molar-refractivity contribution in [2.75, 3.05) is 6.61 Å². The Morgan fingerprint density at radius 1 is 1.22 bits per heavy atom. The molecule has 3 aromatic rings. The van der Waals surface area contributed by atoms with Crippen LogP contribution in [0.3, 0.4) is 0 Å². The second-order valence-electron chi connectivity index (χ2n) is 8.83. The smallest absolute Gasteiger partial charge is 0.434 e. The summed E-state index contributed by atoms with van der Waals surface area (Å²) in [7, 11) is -4.72. The van der Waals surface area contributed by atoms with Gasteiger partial charge in [-0.3, -0.25) is 0 Å². The van der Waals surface area contributed by atoms with E-state index in [2.05, 4.69) is 9.82 Å². The third kappa shape index (κ3) is 4.64. The lowest BCUT2D eigenvalue weighted by atomic mass is 9.87. The van der Waals surface area contributed by atoms with E-state index < -0.39 is 80.5 Å². The monoisotopic (exact) mass is 545 g/mol. The molecule has 0 aliphatic carbocycles. The van der Waals surface area contributed by atoms with Gasteiger partial charge in [-0.1, -0.05) is 25.1 Å². The Labute approximate surface area is 208 Å². The molecular weight excluding hydrogens is 522 g/mol. The Morgan fingerprint density at radius 3 is 2.54 bits per heavy atom. The Morgan fingerprint density at radius 2 is 1.92 bits per heavy atom. The largest absolute Gasteiger partial charge is 0.492 e. The number of aliphatic hydroxyl groups is 1. The lowest BCUT2D eigenvalue weighted by Crippen LogP contribution is -2.46. The van der Waals surface area contributed by atoms with Crippen LogP contribution in [0.25, 0.3) is 0 Å². The number of hydrogen-bond donors (Lipinski definition) is 3. The highest BCUT2D eigenvalue weighted by Gasteiger charge is 2.58. The van der Waals surface area contributed by atoms with Gasteiger partial charge in [0.1, 0.15) is 22.5 Å². The second-order valence-corrected chi connectivity index (χ2v) is 10.5. The van der Waals surface area contributed by atoms with Gasteiger partial charge in [0.2, 0.25) is 15.9 Å². The molecule has 200 valence electrons. The molecule has 0 fully saturated rings. The van der Waals surface area contributed by atoms with Crippen LogP contribution in [0.2, 0.25) is 0 Å². The van der Waals surface area contributed by atoms with E-state index in [4.69, 9.17) is 9.15 Å². The quantitative estimate of drug-likeness (QED) is 0.404. The minimum atomic E-state index is -5.10. The molecule has 0 amide bonds. The second kappa shape index (κ2) is 9.26. The van der Waals surface area contributed by atoms with E-state index in [0.717, 1.165) is 18.2 Å². The minimum absolute atomic E-state index is 0.121. The van der Waals surface area contributed by atoms with Gasteiger partial charge in [-0.25, -0.2) is 22.7 Å². The van der Waals surface area contributed by atoms with E-state index in [-0.39, 0.29) is 5.56 Å². The number of rotatable bonds is 6. The van der Waals surface area contributed by atoms with Crippen molar-refractivity contribution in [3.63, 3.8) is 0 Å². The maximum absolute atomic E-state index is 14.9. The highest BCUT2D eigenvalue weighted by molar-refractivity contribution is 7.89. The first-order valence-corrected chi connectivity index (χ1v) is 12.5. The van der Waals surface area contributed by atoms with Crippen molar-refractivity contribution in [2.45, 2.75) is 55.8 Å². The number of aryl methyl sites for hydroxylation is 1. The normalized spacial score (nSPS) is 19.7. The SMILES string of the molecule is Cc1ccc(F)c(C(C)C(NS(=O)(=O)c2cccc3c2OCCC3(O)C(F)(F)F)c2n[nH]c(=O)o2)c1C. The topological polar surface area (TPSA) is 135 Å². The standard InChI is InChI=1S/C23H23F4N3O6S/c1-11-7-8-15(24)17(12(11)2)13(3)18(20-28-29-21(31)36-20)30-37(33,34)16-6-4-5-14-19(16)35-10-9-22(14,32)23(25,26)27/h4-8,13,18,30,32H,9-10H2,1-3H3,(H,29,31). The molecular formula is C23H23F4N3O6S. The van der Waals surface area contributed by atoms with Crippen molar-refractivity contribution in [1.29, 1.82) is 0 Å². The fourth-order valence-electron chi connectivity index (χ4n) is 4.43. The van der Waals surface area contributed by atoms with Crippen molar-refractivity contribution in [3.05, 3.63) is 74.8 Å². The van der Waals surface area contributed by atoms with Crippen molar-refractivity contribution >= 4 is 10.0 Å². The summed E-state index contributed by atoms with van der Waals surface area (Å²) in [6, 6.07) is 4.27. The van der Waals surface area contributed by atoms with E-state index in [1.807, 2.05) is 5.10 Å². The Balaban J connectivity index is 1.83. The highest BCUT2D eigenvalue weighted by Crippen LogP contribution is 2.49. The zero-order chi connectivity index (χ0) is 27.3. The molecule has 2 heterocycles. The van der Waals surface area contributed by atoms with Crippen molar-refractivity contribution < 1.29 is 40.2 Å². The maximum Gasteiger partial charge on any atom is 0.434 e. The zero-order valence-electron chi connectivity index (χ0n) is 19.8. The molecule has 2 aromatic carbocycles. The number of benzene rings is 2. The van der Waals surface area contributed by atoms with Crippen LogP contribution in [0.5, 0.6) is 5.75 Å².